The minimum atomic E-state index is -0.615. The molecule has 0 aromatic rings. The van der Waals surface area contributed by atoms with Crippen molar-refractivity contribution in [3.05, 3.63) is 0 Å². The number of amides is 3. The predicted molar refractivity (Wildman–Crippen MR) is 255 cm³/mol. The van der Waals surface area contributed by atoms with E-state index in [1.54, 1.807) is 22.9 Å². The third-order valence-corrected chi connectivity index (χ3v) is 4.99. The van der Waals surface area contributed by atoms with Crippen LogP contribution in [0, 0.1) is 0 Å². The van der Waals surface area contributed by atoms with Gasteiger partial charge < -0.3 is 61.3 Å². The Kier molecular flexibility index (Phi) is 1070. The smallest absolute Gasteiger partial charge is 0.237 e. The average Bonchev–Trinajstić information content (AvgIpc) is 2.73. The van der Waals surface area contributed by atoms with Crippen LogP contribution >= 0.6 is 41.5 Å². The quantitative estimate of drug-likeness (QED) is 0.0886. The third kappa shape index (κ3) is 267. The van der Waals surface area contributed by atoms with E-state index in [1.165, 1.54) is 0 Å². The van der Waals surface area contributed by atoms with Gasteiger partial charge in [0, 0.05) is 50.7 Å². The summed E-state index contributed by atoms with van der Waals surface area (Å²) in [6, 6.07) is -1.20. The maximum absolute atomic E-state index is 10.6. The average molecular weight is 1110 g/mol. The number of hydrogen-bond donors (Lipinski definition) is 14. The Hall–Kier alpha value is -0.170. The van der Waals surface area contributed by atoms with Gasteiger partial charge in [0.15, 0.2) is 0 Å². The molecule has 0 bridgehead atoms. The van der Waals surface area contributed by atoms with E-state index in [0.29, 0.717) is 6.29 Å². The first kappa shape index (κ1) is 228. The second kappa shape index (κ2) is 234. The van der Waals surface area contributed by atoms with E-state index in [1.807, 2.05) is 0 Å². The van der Waals surface area contributed by atoms with Crippen molar-refractivity contribution < 1.29 is 57.1 Å². The number of primary amides is 3. The van der Waals surface area contributed by atoms with Gasteiger partial charge in [-0.05, 0) is 0 Å². The van der Waals surface area contributed by atoms with E-state index in [9.17, 15) is 14.4 Å². The van der Waals surface area contributed by atoms with Crippen LogP contribution in [0.5, 0.6) is 0 Å². The van der Waals surface area contributed by atoms with Crippen LogP contribution in [-0.4, -0.2) is 91.0 Å². The fraction of sp³-hybridized carbons (Fsp3) is 0.862. The Morgan fingerprint density at radius 1 is 0.620 bits per heavy atom. The van der Waals surface area contributed by atoms with Crippen molar-refractivity contribution in [1.29, 1.82) is 0 Å². The number of rotatable bonds is 9. The normalized spacial score (nSPS) is 5.80. The number of aliphatic hydroxyl groups is 4. The van der Waals surface area contributed by atoms with Crippen LogP contribution in [0.3, 0.4) is 0 Å². The molecule has 0 fully saturated rings. The van der Waals surface area contributed by atoms with Crippen molar-refractivity contribution in [2.75, 3.05) is 34.5 Å². The van der Waals surface area contributed by atoms with Crippen LogP contribution < -0.4 is 72.1 Å². The van der Waals surface area contributed by atoms with Gasteiger partial charge in [-0.1, -0.05) is 126 Å². The molecule has 0 aliphatic carbocycles. The molecule has 2 atom stereocenters. The minimum absolute atomic E-state index is 0. The fourth-order valence-corrected chi connectivity index (χ4v) is 3.84. The minimum Gasteiger partial charge on any atom is -0.394 e. The molecule has 0 saturated heterocycles. The van der Waals surface area contributed by atoms with E-state index in [4.69, 9.17) is 42.4 Å². The molecule has 21 heteroatoms. The van der Waals surface area contributed by atoms with Crippen LogP contribution in [0.25, 0.3) is 0 Å². The van der Waals surface area contributed by atoms with Crippen LogP contribution in [0.1, 0.15) is 133 Å². The summed E-state index contributed by atoms with van der Waals surface area (Å²) in [5.74, 6) is -1.59. The molecule has 50 heavy (non-hydrogen) atoms. The number of hydrogen-bond acceptors (Lipinski definition) is 15. The van der Waals surface area contributed by atoms with Crippen LogP contribution in [0.2, 0.25) is 0 Å². The van der Waals surface area contributed by atoms with Crippen LogP contribution in [0.15, 0.2) is 0 Å². The molecular weight excluding hydrogens is 997 g/mol. The zero-order chi connectivity index (χ0) is 24.8. The molecule has 0 unspecified atom stereocenters. The van der Waals surface area contributed by atoms with Crippen molar-refractivity contribution >= 4 is 65.5 Å². The summed E-state index contributed by atoms with van der Waals surface area (Å²) in [5.41, 5.74) is 19.3. The van der Waals surface area contributed by atoms with E-state index in [2.05, 4.69) is 31.4 Å². The molecule has 0 aliphatic heterocycles. The van der Waals surface area contributed by atoms with E-state index in [-0.39, 0.29) is 188 Å². The van der Waals surface area contributed by atoms with Gasteiger partial charge >= 0.3 is 85.0 Å². The summed E-state index contributed by atoms with van der Waals surface area (Å²) < 4.78 is 5.33. The Labute approximate surface area is 354 Å². The summed E-state index contributed by atoms with van der Waals surface area (Å²) in [7, 11) is 3.00. The van der Waals surface area contributed by atoms with Gasteiger partial charge in [-0.2, -0.15) is 0 Å². The van der Waals surface area contributed by atoms with Crippen molar-refractivity contribution in [3.63, 3.8) is 0 Å². The van der Waals surface area contributed by atoms with Gasteiger partial charge in [-0.25, -0.2) is 3.53 Å². The van der Waals surface area contributed by atoms with Gasteiger partial charge in [0.25, 0.3) is 0 Å². The standard InChI is InChI=1S/C4H8I2N3O2.C3H7IN2O2.C2H5NO.3CH4O.17CH4.4H3N/c5-6-9-2(4(8)11)1-3(7)10;4-6-2(1-7)3(5)8;3-1-2-4;3*1-2;;;;;;;;;;;;;;;;;;;;;/h2,9H,1H2,(H2,7,10)(H2,8,11);2,6-7H,1H2,(H2,5,8);2H,1,3H2;3*2H,1H3;17*1H4;4*1H3/q-1;;;;;;;;;;;;;;;;;;;;;;;;;;/t2*2-;;;;;;;;;;;;;;;;;;;;;;;;;/m00........................./s1. The molecule has 0 spiro atoms. The van der Waals surface area contributed by atoms with Gasteiger partial charge in [0.2, 0.25) is 5.91 Å². The van der Waals surface area contributed by atoms with E-state index < -0.39 is 29.8 Å². The molecule has 0 radical (unpaired) electrons. The van der Waals surface area contributed by atoms with Crippen molar-refractivity contribution in [2.24, 2.45) is 22.9 Å². The second-order valence-electron chi connectivity index (χ2n) is 3.45. The SMILES string of the molecule is C.C.C.C.C.C.C.C.C.C.C.C.C.C.C.C.C.CO.CO.CO.N.N.N.N.NC(=O)C[C@H](N[I-]I)C(N)=O.NC(=O)[C@H](CO)NI.NCC=O. The summed E-state index contributed by atoms with van der Waals surface area (Å²) in [4.78, 5) is 40.2. The monoisotopic (exact) mass is 1110 g/mol. The van der Waals surface area contributed by atoms with Crippen LogP contribution in [0.4, 0.5) is 0 Å². The maximum Gasteiger partial charge on any atom is 0.237 e. The molecular formula is C29H112I3N10O8-. The van der Waals surface area contributed by atoms with Gasteiger partial charge in [0.05, 0.1) is 6.61 Å². The molecule has 0 heterocycles. The topological polar surface area (TPSA) is 417 Å². The molecule has 0 aliphatic rings. The second-order valence-corrected chi connectivity index (χ2v) is 7.84. The van der Waals surface area contributed by atoms with Gasteiger partial charge in [-0.15, -0.1) is 0 Å². The molecule has 0 aromatic heterocycles. The Morgan fingerprint density at radius 3 is 0.880 bits per heavy atom. The van der Waals surface area contributed by atoms with Crippen molar-refractivity contribution in [2.45, 2.75) is 145 Å². The number of aldehydes is 1. The van der Waals surface area contributed by atoms with Crippen molar-refractivity contribution in [1.82, 2.24) is 31.7 Å². The maximum atomic E-state index is 10.6. The number of aliphatic hydroxyl groups excluding tert-OH is 4. The largest absolute Gasteiger partial charge is 0.394 e. The Morgan fingerprint density at radius 2 is 0.820 bits per heavy atom. The Balaban J connectivity index is -0.00000000507. The summed E-state index contributed by atoms with van der Waals surface area (Å²) in [6.07, 6.45) is 0.637. The fourth-order valence-electron chi connectivity index (χ4n) is 0.622. The van der Waals surface area contributed by atoms with Crippen molar-refractivity contribution in [3.8, 4) is 0 Å². The first-order chi connectivity index (χ1) is 13.7. The van der Waals surface area contributed by atoms with E-state index in [0.717, 1.165) is 21.3 Å². The zero-order valence-corrected chi connectivity index (χ0v) is 25.5. The predicted octanol–water partition coefficient (Wildman–Crippen LogP) is 3.86. The summed E-state index contributed by atoms with van der Waals surface area (Å²) in [5, 5.41) is 29.3. The molecule has 0 saturated carbocycles. The number of carbonyl (C=O) groups is 4. The number of carbonyl (C=O) groups excluding carboxylic acids is 4. The van der Waals surface area contributed by atoms with E-state index >= 15 is 0 Å². The van der Waals surface area contributed by atoms with Gasteiger partial charge in [0.1, 0.15) is 12.3 Å². The first-order valence-corrected chi connectivity index (χ1v) is 15.5. The molecule has 3 amide bonds. The Bertz CT molecular complexity index is 394. The molecule has 0 rings (SSSR count). The molecule has 18 nitrogen and oxygen atoms in total. The summed E-state index contributed by atoms with van der Waals surface area (Å²) >= 11 is 3.59. The van der Waals surface area contributed by atoms with Gasteiger partial charge in [-0.3, -0.25) is 4.79 Å². The van der Waals surface area contributed by atoms with Crippen LogP contribution in [-0.2, 0) is 19.2 Å². The molecule has 348 valence electrons. The zero-order valence-electron chi connectivity index (χ0n) is 19.0. The number of halogens is 3. The number of nitrogens with one attached hydrogen (secondary N) is 2. The first-order valence-electron chi connectivity index (χ1n) is 7.03. The third-order valence-electron chi connectivity index (χ3n) is 1.68. The number of nitrogens with two attached hydrogens (primary N) is 4. The molecule has 26 N–H and O–H groups in total. The molecule has 0 aromatic carbocycles. The summed E-state index contributed by atoms with van der Waals surface area (Å²) in [6.45, 7) is -0.113.